The summed E-state index contributed by atoms with van der Waals surface area (Å²) in [5, 5.41) is 0. The molecule has 2 fully saturated rings. The summed E-state index contributed by atoms with van der Waals surface area (Å²) in [5.74, 6) is 1.47. The highest BCUT2D eigenvalue weighted by molar-refractivity contribution is 5.94. The van der Waals surface area contributed by atoms with Crippen LogP contribution in [0.4, 0.5) is 0 Å². The molecule has 0 bridgehead atoms. The Balaban J connectivity index is 1.30. The Labute approximate surface area is 205 Å². The maximum Gasteiger partial charge on any atom is 0.253 e. The van der Waals surface area contributed by atoms with Crippen LogP contribution in [0.3, 0.4) is 0 Å². The minimum atomic E-state index is 0.00865. The quantitative estimate of drug-likeness (QED) is 0.521. The molecule has 3 aromatic rings. The van der Waals surface area contributed by atoms with Crippen molar-refractivity contribution in [1.29, 1.82) is 0 Å². The monoisotopic (exact) mass is 470 g/mol. The largest absolute Gasteiger partial charge is 0.437 e. The average molecular weight is 471 g/mol. The van der Waals surface area contributed by atoms with E-state index in [1.807, 2.05) is 65.3 Å². The highest BCUT2D eigenvalue weighted by Crippen LogP contribution is 2.33. The Kier molecular flexibility index (Phi) is 6.75. The maximum absolute atomic E-state index is 13.4. The van der Waals surface area contributed by atoms with Gasteiger partial charge in [-0.3, -0.25) is 14.6 Å². The van der Waals surface area contributed by atoms with Crippen LogP contribution in [0.1, 0.15) is 58.8 Å². The van der Waals surface area contributed by atoms with E-state index in [4.69, 9.17) is 4.74 Å². The smallest absolute Gasteiger partial charge is 0.253 e. The summed E-state index contributed by atoms with van der Waals surface area (Å²) in [6, 6.07) is 15.5. The van der Waals surface area contributed by atoms with E-state index in [0.29, 0.717) is 37.5 Å². The molecule has 180 valence electrons. The third kappa shape index (κ3) is 5.34. The normalized spacial score (nSPS) is 18.1. The molecular weight excluding hydrogens is 440 g/mol. The molecule has 3 heterocycles. The number of hydrogen-bond donors (Lipinski definition) is 0. The molecule has 2 amide bonds. The van der Waals surface area contributed by atoms with Gasteiger partial charge < -0.3 is 14.5 Å². The van der Waals surface area contributed by atoms with E-state index in [9.17, 15) is 9.59 Å². The van der Waals surface area contributed by atoms with Gasteiger partial charge in [-0.05, 0) is 61.6 Å². The van der Waals surface area contributed by atoms with Crippen LogP contribution in [0.2, 0.25) is 0 Å². The first-order chi connectivity index (χ1) is 17.1. The number of carbonyl (C=O) groups excluding carboxylic acids is 2. The molecule has 2 aliphatic rings. The van der Waals surface area contributed by atoms with Crippen LogP contribution in [0.25, 0.3) is 0 Å². The molecule has 7 heteroatoms. The second-order valence-electron chi connectivity index (χ2n) is 9.37. The lowest BCUT2D eigenvalue weighted by Gasteiger charge is -2.33. The molecule has 2 aromatic carbocycles. The van der Waals surface area contributed by atoms with Gasteiger partial charge in [0, 0.05) is 56.5 Å². The van der Waals surface area contributed by atoms with Crippen molar-refractivity contribution in [2.45, 2.75) is 45.1 Å². The second kappa shape index (κ2) is 10.3. The zero-order valence-corrected chi connectivity index (χ0v) is 20.0. The van der Waals surface area contributed by atoms with E-state index >= 15 is 0 Å². The average Bonchev–Trinajstić information content (AvgIpc) is 3.28. The Bertz CT molecular complexity index is 1230. The Morgan fingerprint density at radius 2 is 1.91 bits per heavy atom. The summed E-state index contributed by atoms with van der Waals surface area (Å²) in [6.07, 6.45) is 6.65. The van der Waals surface area contributed by atoms with Crippen LogP contribution in [-0.4, -0.2) is 51.2 Å². The summed E-state index contributed by atoms with van der Waals surface area (Å²) in [6.45, 7) is 4.64. The van der Waals surface area contributed by atoms with Crippen LogP contribution in [0.15, 0.2) is 60.9 Å². The number of aryl methyl sites for hydroxylation is 1. The zero-order valence-electron chi connectivity index (χ0n) is 20.0. The predicted molar refractivity (Wildman–Crippen MR) is 132 cm³/mol. The van der Waals surface area contributed by atoms with Crippen molar-refractivity contribution in [1.82, 2.24) is 19.8 Å². The van der Waals surface area contributed by atoms with Gasteiger partial charge in [0.2, 0.25) is 11.8 Å². The number of likely N-dealkylation sites (tertiary alicyclic amines) is 2. The summed E-state index contributed by atoms with van der Waals surface area (Å²) in [5.41, 5.74) is 3.54. The summed E-state index contributed by atoms with van der Waals surface area (Å²) >= 11 is 0. The molecule has 35 heavy (non-hydrogen) atoms. The van der Waals surface area contributed by atoms with Gasteiger partial charge in [-0.15, -0.1) is 0 Å². The topological polar surface area (TPSA) is 75.6 Å². The molecule has 0 saturated carbocycles. The number of ether oxygens (including phenoxy) is 1. The Hall–Kier alpha value is -3.74. The molecule has 0 aliphatic carbocycles. The van der Waals surface area contributed by atoms with E-state index < -0.39 is 0 Å². The van der Waals surface area contributed by atoms with Crippen LogP contribution in [-0.2, 0) is 11.3 Å². The molecule has 1 aromatic heterocycles. The number of nitrogens with zero attached hydrogens (tertiary/aromatic N) is 4. The first-order valence-electron chi connectivity index (χ1n) is 12.3. The lowest BCUT2D eigenvalue weighted by atomic mass is 9.94. The fourth-order valence-corrected chi connectivity index (χ4v) is 4.95. The van der Waals surface area contributed by atoms with Crippen LogP contribution in [0.5, 0.6) is 11.6 Å². The Morgan fingerprint density at radius 3 is 2.74 bits per heavy atom. The number of rotatable bonds is 6. The number of aromatic nitrogens is 2. The van der Waals surface area contributed by atoms with Crippen molar-refractivity contribution in [3.05, 3.63) is 83.3 Å². The highest BCUT2D eigenvalue weighted by Gasteiger charge is 2.29. The lowest BCUT2D eigenvalue weighted by Crippen LogP contribution is -2.39. The Morgan fingerprint density at radius 1 is 1.06 bits per heavy atom. The molecule has 0 N–H and O–H groups in total. The van der Waals surface area contributed by atoms with E-state index in [-0.39, 0.29) is 17.7 Å². The maximum atomic E-state index is 13.4. The highest BCUT2D eigenvalue weighted by atomic mass is 16.5. The third-order valence-electron chi connectivity index (χ3n) is 6.71. The number of benzene rings is 2. The molecule has 0 unspecified atom stereocenters. The molecule has 5 rings (SSSR count). The molecular formula is C28H30N4O3. The summed E-state index contributed by atoms with van der Waals surface area (Å²) < 4.78 is 6.10. The summed E-state index contributed by atoms with van der Waals surface area (Å²) in [7, 11) is 0. The number of hydrogen-bond acceptors (Lipinski definition) is 5. The van der Waals surface area contributed by atoms with Gasteiger partial charge in [-0.2, -0.15) is 0 Å². The SMILES string of the molecule is Cc1cccc(Oc2nccnc2[C@@H]2CCCN(C(=O)c3cccc(CN4CCCC4=O)c3)C2)c1. The van der Waals surface area contributed by atoms with Crippen LogP contribution < -0.4 is 4.74 Å². The predicted octanol–water partition coefficient (Wildman–Crippen LogP) is 4.72. The van der Waals surface area contributed by atoms with Crippen LogP contribution >= 0.6 is 0 Å². The number of carbonyl (C=O) groups is 2. The van der Waals surface area contributed by atoms with Gasteiger partial charge in [0.05, 0.1) is 0 Å². The fraction of sp³-hybridized carbons (Fsp3) is 0.357. The minimum absolute atomic E-state index is 0.00865. The molecule has 7 nitrogen and oxygen atoms in total. The molecule has 0 spiro atoms. The van der Waals surface area contributed by atoms with Crippen molar-refractivity contribution in [2.24, 2.45) is 0 Å². The van der Waals surface area contributed by atoms with Crippen molar-refractivity contribution in [3.63, 3.8) is 0 Å². The molecule has 2 saturated heterocycles. The van der Waals surface area contributed by atoms with Crippen molar-refractivity contribution >= 4 is 11.8 Å². The minimum Gasteiger partial charge on any atom is -0.437 e. The van der Waals surface area contributed by atoms with E-state index in [1.165, 1.54) is 0 Å². The van der Waals surface area contributed by atoms with Crippen LogP contribution in [0, 0.1) is 6.92 Å². The van der Waals surface area contributed by atoms with Gasteiger partial charge in [-0.25, -0.2) is 4.98 Å². The second-order valence-corrected chi connectivity index (χ2v) is 9.37. The number of piperidine rings is 1. The first-order valence-corrected chi connectivity index (χ1v) is 12.3. The molecule has 1 atom stereocenters. The summed E-state index contributed by atoms with van der Waals surface area (Å²) in [4.78, 5) is 38.3. The molecule has 0 radical (unpaired) electrons. The van der Waals surface area contributed by atoms with Gasteiger partial charge in [0.1, 0.15) is 11.4 Å². The van der Waals surface area contributed by atoms with Gasteiger partial charge in [0.25, 0.3) is 5.91 Å². The van der Waals surface area contributed by atoms with Gasteiger partial charge in [-0.1, -0.05) is 24.3 Å². The third-order valence-corrected chi connectivity index (χ3v) is 6.71. The van der Waals surface area contributed by atoms with E-state index in [1.54, 1.807) is 12.4 Å². The fourth-order valence-electron chi connectivity index (χ4n) is 4.95. The first kappa shape index (κ1) is 23.0. The van der Waals surface area contributed by atoms with Crippen molar-refractivity contribution in [3.8, 4) is 11.6 Å². The van der Waals surface area contributed by atoms with Gasteiger partial charge in [0.15, 0.2) is 0 Å². The lowest BCUT2D eigenvalue weighted by molar-refractivity contribution is -0.128. The van der Waals surface area contributed by atoms with Crippen molar-refractivity contribution in [2.75, 3.05) is 19.6 Å². The van der Waals surface area contributed by atoms with E-state index in [2.05, 4.69) is 9.97 Å². The zero-order chi connectivity index (χ0) is 24.2. The van der Waals surface area contributed by atoms with E-state index in [0.717, 1.165) is 48.4 Å². The standard InChI is InChI=1S/C28H30N4O3/c1-20-6-2-10-24(16-20)35-27-26(29-12-13-30-27)23-9-4-15-32(19-23)28(34)22-8-3-7-21(17-22)18-31-14-5-11-25(31)33/h2-3,6-8,10,12-13,16-17,23H,4-5,9,11,14-15,18-19H2,1H3/t23-/m1/s1. The number of amides is 2. The molecule has 2 aliphatic heterocycles. The van der Waals surface area contributed by atoms with Gasteiger partial charge >= 0.3 is 0 Å². The van der Waals surface area contributed by atoms with Crippen molar-refractivity contribution < 1.29 is 14.3 Å².